The zero-order chi connectivity index (χ0) is 17.5. The largest absolute Gasteiger partial charge is 0.455 e. The summed E-state index contributed by atoms with van der Waals surface area (Å²) in [7, 11) is 0. The van der Waals surface area contributed by atoms with Crippen LogP contribution in [0.15, 0.2) is 66.9 Å². The Labute approximate surface area is 154 Å². The molecule has 3 aromatic rings. The first-order valence-corrected chi connectivity index (χ1v) is 9.27. The Balaban J connectivity index is 1.54. The topological polar surface area (TPSA) is 25.4 Å². The second-order valence-electron chi connectivity index (χ2n) is 7.42. The first-order valence-electron chi connectivity index (χ1n) is 9.27. The highest BCUT2D eigenvalue weighted by atomic mass is 16.5. The fraction of sp³-hybridized carbons (Fsp3) is 0.261. The third kappa shape index (κ3) is 2.69. The van der Waals surface area contributed by atoms with Crippen LogP contribution in [0.25, 0.3) is 0 Å². The van der Waals surface area contributed by atoms with Crippen molar-refractivity contribution in [3.05, 3.63) is 89.2 Å². The van der Waals surface area contributed by atoms with Gasteiger partial charge < -0.3 is 4.74 Å². The lowest BCUT2D eigenvalue weighted by atomic mass is 9.86. The second-order valence-corrected chi connectivity index (χ2v) is 7.42. The summed E-state index contributed by atoms with van der Waals surface area (Å²) < 4.78 is 6.29. The Morgan fingerprint density at radius 3 is 2.69 bits per heavy atom. The lowest BCUT2D eigenvalue weighted by Crippen LogP contribution is -2.20. The molecule has 0 N–H and O–H groups in total. The van der Waals surface area contributed by atoms with Crippen molar-refractivity contribution in [1.82, 2.24) is 9.88 Å². The molecule has 1 aromatic heterocycles. The third-order valence-corrected chi connectivity index (χ3v) is 5.58. The van der Waals surface area contributed by atoms with E-state index >= 15 is 0 Å². The molecule has 1 fully saturated rings. The summed E-state index contributed by atoms with van der Waals surface area (Å²) in [4.78, 5) is 7.27. The van der Waals surface area contributed by atoms with E-state index in [-0.39, 0.29) is 0 Å². The molecule has 0 saturated carbocycles. The summed E-state index contributed by atoms with van der Waals surface area (Å²) in [6.07, 6.45) is 1.89. The molecule has 0 radical (unpaired) electrons. The van der Waals surface area contributed by atoms with Crippen LogP contribution in [0.2, 0.25) is 0 Å². The Morgan fingerprint density at radius 2 is 1.81 bits per heavy atom. The van der Waals surface area contributed by atoms with Crippen LogP contribution in [-0.2, 0) is 6.54 Å². The van der Waals surface area contributed by atoms with Gasteiger partial charge in [0, 0.05) is 37.7 Å². The van der Waals surface area contributed by atoms with Crippen molar-refractivity contribution in [2.45, 2.75) is 25.3 Å². The minimum Gasteiger partial charge on any atom is -0.455 e. The zero-order valence-corrected chi connectivity index (χ0v) is 14.9. The van der Waals surface area contributed by atoms with E-state index in [1.807, 2.05) is 12.3 Å². The molecule has 3 nitrogen and oxygen atoms in total. The van der Waals surface area contributed by atoms with Crippen LogP contribution in [0.4, 0.5) is 0 Å². The summed E-state index contributed by atoms with van der Waals surface area (Å²) >= 11 is 0. The molecular weight excluding hydrogens is 320 g/mol. The van der Waals surface area contributed by atoms with Crippen LogP contribution in [0.1, 0.15) is 34.2 Å². The number of hydrogen-bond acceptors (Lipinski definition) is 3. The number of benzene rings is 2. The lowest BCUT2D eigenvalue weighted by Gasteiger charge is -2.18. The second kappa shape index (κ2) is 6.26. The molecule has 0 unspecified atom stereocenters. The van der Waals surface area contributed by atoms with Crippen molar-refractivity contribution in [2.24, 2.45) is 0 Å². The molecular formula is C23H22N2O. The predicted molar refractivity (Wildman–Crippen MR) is 103 cm³/mol. The monoisotopic (exact) mass is 342 g/mol. The van der Waals surface area contributed by atoms with Gasteiger partial charge in [0.05, 0.1) is 5.69 Å². The number of pyridine rings is 1. The Kier molecular flexibility index (Phi) is 3.75. The van der Waals surface area contributed by atoms with Gasteiger partial charge in [-0.15, -0.1) is 0 Å². The lowest BCUT2D eigenvalue weighted by molar-refractivity contribution is 0.321. The van der Waals surface area contributed by atoms with Gasteiger partial charge in [-0.25, -0.2) is 0 Å². The van der Waals surface area contributed by atoms with E-state index in [0.29, 0.717) is 11.8 Å². The average molecular weight is 342 g/mol. The number of ether oxygens (including phenoxy) is 1. The van der Waals surface area contributed by atoms with E-state index in [0.717, 1.165) is 36.8 Å². The molecule has 0 aliphatic carbocycles. The number of hydrogen-bond donors (Lipinski definition) is 0. The first-order chi connectivity index (χ1) is 12.8. The fourth-order valence-corrected chi connectivity index (χ4v) is 4.37. The number of aromatic nitrogens is 1. The van der Waals surface area contributed by atoms with Gasteiger partial charge in [0.1, 0.15) is 11.5 Å². The highest BCUT2D eigenvalue weighted by Gasteiger charge is 2.40. The maximum Gasteiger partial charge on any atom is 0.149 e. The number of nitrogens with zero attached hydrogens (tertiary/aromatic N) is 2. The van der Waals surface area contributed by atoms with E-state index < -0.39 is 0 Å². The summed E-state index contributed by atoms with van der Waals surface area (Å²) in [5, 5.41) is 0. The Morgan fingerprint density at radius 1 is 0.962 bits per heavy atom. The minimum absolute atomic E-state index is 0.374. The van der Waals surface area contributed by atoms with Crippen LogP contribution >= 0.6 is 0 Å². The SMILES string of the molecule is Cc1ccc2c(c1)Oc1cccnc1[C@H]1CN(Cc3ccccc3)C[C@@H]21. The summed E-state index contributed by atoms with van der Waals surface area (Å²) in [5.74, 6) is 2.70. The van der Waals surface area contributed by atoms with Crippen LogP contribution in [0.3, 0.4) is 0 Å². The van der Waals surface area contributed by atoms with Crippen molar-refractivity contribution in [2.75, 3.05) is 13.1 Å². The molecule has 2 aliphatic rings. The molecule has 2 aromatic carbocycles. The smallest absolute Gasteiger partial charge is 0.149 e. The molecule has 2 atom stereocenters. The van der Waals surface area contributed by atoms with Crippen LogP contribution in [0, 0.1) is 6.92 Å². The number of aryl methyl sites for hydroxylation is 1. The molecule has 0 spiro atoms. The van der Waals surface area contributed by atoms with Crippen LogP contribution in [-0.4, -0.2) is 23.0 Å². The molecule has 5 rings (SSSR count). The molecule has 2 aliphatic heterocycles. The van der Waals surface area contributed by atoms with Gasteiger partial charge in [-0.1, -0.05) is 42.5 Å². The predicted octanol–water partition coefficient (Wildman–Crippen LogP) is 4.88. The van der Waals surface area contributed by atoms with Gasteiger partial charge in [-0.05, 0) is 41.8 Å². The van der Waals surface area contributed by atoms with Crippen molar-refractivity contribution in [3.8, 4) is 11.5 Å². The van der Waals surface area contributed by atoms with Gasteiger partial charge in [0.15, 0.2) is 0 Å². The molecule has 130 valence electrons. The van der Waals surface area contributed by atoms with Gasteiger partial charge in [0.2, 0.25) is 0 Å². The molecule has 0 bridgehead atoms. The maximum absolute atomic E-state index is 6.29. The van der Waals surface area contributed by atoms with Crippen molar-refractivity contribution in [3.63, 3.8) is 0 Å². The molecule has 3 heteroatoms. The fourth-order valence-electron chi connectivity index (χ4n) is 4.37. The molecule has 1 saturated heterocycles. The van der Waals surface area contributed by atoms with Crippen LogP contribution in [0.5, 0.6) is 11.5 Å². The average Bonchev–Trinajstić information content (AvgIpc) is 3.01. The van der Waals surface area contributed by atoms with E-state index in [1.165, 1.54) is 16.7 Å². The van der Waals surface area contributed by atoms with Crippen molar-refractivity contribution in [1.29, 1.82) is 0 Å². The van der Waals surface area contributed by atoms with Gasteiger partial charge >= 0.3 is 0 Å². The van der Waals surface area contributed by atoms with E-state index in [2.05, 4.69) is 66.4 Å². The first kappa shape index (κ1) is 15.6. The molecule has 3 heterocycles. The Hall–Kier alpha value is -2.65. The molecule has 26 heavy (non-hydrogen) atoms. The highest BCUT2D eigenvalue weighted by Crippen LogP contribution is 2.49. The van der Waals surface area contributed by atoms with Crippen LogP contribution < -0.4 is 4.74 Å². The highest BCUT2D eigenvalue weighted by molar-refractivity contribution is 5.49. The minimum atomic E-state index is 0.374. The molecule has 0 amide bonds. The maximum atomic E-state index is 6.29. The van der Waals surface area contributed by atoms with E-state index in [1.54, 1.807) is 0 Å². The summed E-state index contributed by atoms with van der Waals surface area (Å²) in [6.45, 7) is 5.15. The normalized spacial score (nSPS) is 21.3. The van der Waals surface area contributed by atoms with Gasteiger partial charge in [-0.3, -0.25) is 9.88 Å². The van der Waals surface area contributed by atoms with E-state index in [4.69, 9.17) is 9.72 Å². The van der Waals surface area contributed by atoms with Crippen molar-refractivity contribution >= 4 is 0 Å². The third-order valence-electron chi connectivity index (χ3n) is 5.58. The van der Waals surface area contributed by atoms with Gasteiger partial charge in [0.25, 0.3) is 0 Å². The zero-order valence-electron chi connectivity index (χ0n) is 14.9. The summed E-state index contributed by atoms with van der Waals surface area (Å²) in [6, 6.07) is 21.4. The van der Waals surface area contributed by atoms with Crippen molar-refractivity contribution < 1.29 is 4.74 Å². The van der Waals surface area contributed by atoms with Gasteiger partial charge in [-0.2, -0.15) is 0 Å². The number of rotatable bonds is 2. The standard InChI is InChI=1S/C23H22N2O/c1-16-9-10-18-19-14-25(13-17-6-3-2-4-7-17)15-20(19)23-21(8-5-11-24-23)26-22(18)12-16/h2-12,19-20H,13-15H2,1H3/t19-,20-/m0/s1. The Bertz CT molecular complexity index is 938. The summed E-state index contributed by atoms with van der Waals surface area (Å²) in [5.41, 5.74) is 5.01. The number of fused-ring (bicyclic) bond motifs is 5. The van der Waals surface area contributed by atoms with E-state index in [9.17, 15) is 0 Å². The quantitative estimate of drug-likeness (QED) is 0.664. The number of likely N-dealkylation sites (tertiary alicyclic amines) is 1.